The number of carbonyl (C=O) groups is 1. The van der Waals surface area contributed by atoms with Gasteiger partial charge in [0.1, 0.15) is 0 Å². The van der Waals surface area contributed by atoms with Crippen LogP contribution < -0.4 is 5.32 Å². The molecule has 0 unspecified atom stereocenters. The van der Waals surface area contributed by atoms with Gasteiger partial charge in [-0.15, -0.1) is 0 Å². The number of rotatable bonds is 5. The van der Waals surface area contributed by atoms with Crippen LogP contribution in [0.15, 0.2) is 42.7 Å². The van der Waals surface area contributed by atoms with E-state index in [1.54, 1.807) is 18.2 Å². The van der Waals surface area contributed by atoms with E-state index in [-0.39, 0.29) is 5.91 Å². The monoisotopic (exact) mass is 296 g/mol. The molecular weight excluding hydrogens is 283 g/mol. The predicted molar refractivity (Wildman–Crippen MR) is 78.8 cm³/mol. The molecule has 0 atom stereocenters. The molecule has 2 rings (SSSR count). The van der Waals surface area contributed by atoms with Gasteiger partial charge in [-0.1, -0.05) is 23.2 Å². The van der Waals surface area contributed by atoms with Gasteiger partial charge < -0.3 is 9.88 Å². The summed E-state index contributed by atoms with van der Waals surface area (Å²) in [4.78, 5) is 11.8. The second-order valence-electron chi connectivity index (χ2n) is 4.23. The number of anilines is 1. The molecule has 0 spiro atoms. The maximum atomic E-state index is 11.8. The van der Waals surface area contributed by atoms with Crippen LogP contribution in [-0.2, 0) is 11.3 Å². The Morgan fingerprint density at radius 2 is 1.74 bits per heavy atom. The van der Waals surface area contributed by atoms with E-state index in [1.165, 1.54) is 0 Å². The first-order chi connectivity index (χ1) is 9.13. The third-order valence-corrected chi connectivity index (χ3v) is 3.07. The lowest BCUT2D eigenvalue weighted by Crippen LogP contribution is -2.12. The van der Waals surface area contributed by atoms with E-state index >= 15 is 0 Å². The summed E-state index contributed by atoms with van der Waals surface area (Å²) in [6, 6.07) is 8.92. The number of amides is 1. The summed E-state index contributed by atoms with van der Waals surface area (Å²) in [7, 11) is 0. The summed E-state index contributed by atoms with van der Waals surface area (Å²) in [5, 5.41) is 3.81. The Kier molecular flexibility index (Phi) is 4.88. The molecule has 19 heavy (non-hydrogen) atoms. The summed E-state index contributed by atoms with van der Waals surface area (Å²) < 4.78 is 2.05. The number of aromatic nitrogens is 1. The van der Waals surface area contributed by atoms with Crippen LogP contribution in [0, 0.1) is 0 Å². The number of hydrogen-bond donors (Lipinski definition) is 1. The van der Waals surface area contributed by atoms with Gasteiger partial charge in [-0.2, -0.15) is 0 Å². The van der Waals surface area contributed by atoms with Gasteiger partial charge in [0.15, 0.2) is 0 Å². The Morgan fingerprint density at radius 3 is 2.37 bits per heavy atom. The fourth-order valence-corrected chi connectivity index (χ4v) is 2.32. The van der Waals surface area contributed by atoms with E-state index in [0.717, 1.165) is 13.0 Å². The SMILES string of the molecule is O=C(CCCn1cccc1)Nc1cc(Cl)cc(Cl)c1. The molecule has 1 heterocycles. The third-order valence-electron chi connectivity index (χ3n) is 2.63. The highest BCUT2D eigenvalue weighted by Crippen LogP contribution is 2.22. The van der Waals surface area contributed by atoms with Gasteiger partial charge in [0, 0.05) is 41.1 Å². The van der Waals surface area contributed by atoms with Crippen molar-refractivity contribution in [3.63, 3.8) is 0 Å². The van der Waals surface area contributed by atoms with Gasteiger partial charge in [-0.05, 0) is 36.8 Å². The highest BCUT2D eigenvalue weighted by molar-refractivity contribution is 6.35. The van der Waals surface area contributed by atoms with E-state index in [1.807, 2.05) is 29.1 Å². The van der Waals surface area contributed by atoms with Crippen molar-refractivity contribution < 1.29 is 4.79 Å². The fourth-order valence-electron chi connectivity index (χ4n) is 1.79. The molecule has 1 amide bonds. The minimum Gasteiger partial charge on any atom is -0.354 e. The third kappa shape index (κ3) is 4.62. The van der Waals surface area contributed by atoms with E-state index < -0.39 is 0 Å². The van der Waals surface area contributed by atoms with Gasteiger partial charge in [0.25, 0.3) is 0 Å². The summed E-state index contributed by atoms with van der Waals surface area (Å²) in [6.45, 7) is 0.830. The first-order valence-corrected chi connectivity index (χ1v) is 6.76. The molecular formula is C14H14Cl2N2O. The van der Waals surface area contributed by atoms with Crippen molar-refractivity contribution in [1.82, 2.24) is 4.57 Å². The van der Waals surface area contributed by atoms with Crippen LogP contribution in [-0.4, -0.2) is 10.5 Å². The zero-order chi connectivity index (χ0) is 13.7. The quantitative estimate of drug-likeness (QED) is 0.881. The molecule has 0 saturated carbocycles. The Balaban J connectivity index is 1.80. The normalized spacial score (nSPS) is 10.4. The molecule has 5 heteroatoms. The maximum absolute atomic E-state index is 11.8. The van der Waals surface area contributed by atoms with Crippen LogP contribution in [0.3, 0.4) is 0 Å². The molecule has 0 aliphatic rings. The second kappa shape index (κ2) is 6.64. The first kappa shape index (κ1) is 14.0. The Morgan fingerprint density at radius 1 is 1.11 bits per heavy atom. The molecule has 0 fully saturated rings. The molecule has 100 valence electrons. The molecule has 0 aliphatic carbocycles. The molecule has 0 radical (unpaired) electrons. The lowest BCUT2D eigenvalue weighted by atomic mass is 10.2. The number of halogens is 2. The average molecular weight is 297 g/mol. The average Bonchev–Trinajstić information content (AvgIpc) is 2.80. The van der Waals surface area contributed by atoms with Crippen LogP contribution in [0.5, 0.6) is 0 Å². The topological polar surface area (TPSA) is 34.0 Å². The van der Waals surface area contributed by atoms with Gasteiger partial charge >= 0.3 is 0 Å². The van der Waals surface area contributed by atoms with Crippen molar-refractivity contribution in [2.24, 2.45) is 0 Å². The van der Waals surface area contributed by atoms with Crippen molar-refractivity contribution in [2.75, 3.05) is 5.32 Å². The Bertz CT molecular complexity index is 532. The van der Waals surface area contributed by atoms with Crippen LogP contribution in [0.2, 0.25) is 10.0 Å². The fraction of sp³-hybridized carbons (Fsp3) is 0.214. The minimum absolute atomic E-state index is 0.0366. The predicted octanol–water partition coefficient (Wildman–Crippen LogP) is 4.21. The van der Waals surface area contributed by atoms with Crippen LogP contribution in [0.1, 0.15) is 12.8 Å². The molecule has 1 aromatic heterocycles. The van der Waals surface area contributed by atoms with Gasteiger partial charge in [0.05, 0.1) is 0 Å². The maximum Gasteiger partial charge on any atom is 0.224 e. The molecule has 2 aromatic rings. The lowest BCUT2D eigenvalue weighted by Gasteiger charge is -2.07. The van der Waals surface area contributed by atoms with Crippen molar-refractivity contribution in [1.29, 1.82) is 0 Å². The first-order valence-electron chi connectivity index (χ1n) is 6.00. The zero-order valence-corrected chi connectivity index (χ0v) is 11.8. The van der Waals surface area contributed by atoms with Crippen LogP contribution in [0.25, 0.3) is 0 Å². The smallest absolute Gasteiger partial charge is 0.224 e. The van der Waals surface area contributed by atoms with E-state index in [9.17, 15) is 4.79 Å². The Labute approximate surface area is 122 Å². The molecule has 1 N–H and O–H groups in total. The number of aryl methyl sites for hydroxylation is 1. The summed E-state index contributed by atoms with van der Waals surface area (Å²) in [5.74, 6) is -0.0366. The highest BCUT2D eigenvalue weighted by Gasteiger charge is 2.04. The van der Waals surface area contributed by atoms with Crippen molar-refractivity contribution in [2.45, 2.75) is 19.4 Å². The minimum atomic E-state index is -0.0366. The number of hydrogen-bond acceptors (Lipinski definition) is 1. The number of benzene rings is 1. The van der Waals surface area contributed by atoms with Crippen molar-refractivity contribution in [3.05, 3.63) is 52.8 Å². The van der Waals surface area contributed by atoms with Crippen molar-refractivity contribution >= 4 is 34.8 Å². The van der Waals surface area contributed by atoms with Gasteiger partial charge in [0.2, 0.25) is 5.91 Å². The van der Waals surface area contributed by atoms with E-state index in [2.05, 4.69) is 5.32 Å². The number of nitrogens with one attached hydrogen (secondary N) is 1. The number of nitrogens with zero attached hydrogens (tertiary/aromatic N) is 1. The van der Waals surface area contributed by atoms with E-state index in [4.69, 9.17) is 23.2 Å². The molecule has 3 nitrogen and oxygen atoms in total. The van der Waals surface area contributed by atoms with Gasteiger partial charge in [-0.3, -0.25) is 4.79 Å². The van der Waals surface area contributed by atoms with Crippen molar-refractivity contribution in [3.8, 4) is 0 Å². The second-order valence-corrected chi connectivity index (χ2v) is 5.10. The Hall–Kier alpha value is -1.45. The summed E-state index contributed by atoms with van der Waals surface area (Å²) >= 11 is 11.7. The van der Waals surface area contributed by atoms with Crippen LogP contribution >= 0.6 is 23.2 Å². The molecule has 0 bridgehead atoms. The number of carbonyl (C=O) groups excluding carboxylic acids is 1. The summed E-state index contributed by atoms with van der Waals surface area (Å²) in [5.41, 5.74) is 0.628. The highest BCUT2D eigenvalue weighted by atomic mass is 35.5. The molecule has 1 aromatic carbocycles. The van der Waals surface area contributed by atoms with Gasteiger partial charge in [-0.25, -0.2) is 0 Å². The van der Waals surface area contributed by atoms with E-state index in [0.29, 0.717) is 22.2 Å². The summed E-state index contributed by atoms with van der Waals surface area (Å²) in [6.07, 6.45) is 5.21. The molecule has 0 saturated heterocycles. The lowest BCUT2D eigenvalue weighted by molar-refractivity contribution is -0.116. The zero-order valence-electron chi connectivity index (χ0n) is 10.3. The largest absolute Gasteiger partial charge is 0.354 e. The standard InChI is InChI=1S/C14H14Cl2N2O/c15-11-8-12(16)10-13(9-11)17-14(19)4-3-7-18-5-1-2-6-18/h1-2,5-6,8-10H,3-4,7H2,(H,17,19). The van der Waals surface area contributed by atoms with Crippen LogP contribution in [0.4, 0.5) is 5.69 Å². The molecule has 0 aliphatic heterocycles.